The van der Waals surface area contributed by atoms with Gasteiger partial charge in [0.15, 0.2) is 5.75 Å². The van der Waals surface area contributed by atoms with Gasteiger partial charge in [0.2, 0.25) is 0 Å². The van der Waals surface area contributed by atoms with E-state index in [-0.39, 0.29) is 34.6 Å². The third-order valence-corrected chi connectivity index (χ3v) is 8.49. The van der Waals surface area contributed by atoms with Gasteiger partial charge in [0, 0.05) is 31.6 Å². The number of hydrogen-bond donors (Lipinski definition) is 1. The highest BCUT2D eigenvalue weighted by Crippen LogP contribution is 2.58. The molecule has 3 atom stereocenters. The molecule has 2 aliphatic heterocycles. The largest absolute Gasteiger partial charge is 0.502 e. The number of benzene rings is 1. The van der Waals surface area contributed by atoms with Gasteiger partial charge in [-0.25, -0.2) is 4.39 Å². The van der Waals surface area contributed by atoms with Gasteiger partial charge < -0.3 is 14.9 Å². The first kappa shape index (κ1) is 20.7. The van der Waals surface area contributed by atoms with Gasteiger partial charge in [0.25, 0.3) is 17.4 Å². The number of aromatic hydroxyl groups is 1. The Balaban J connectivity index is 1.45. The second-order valence-corrected chi connectivity index (χ2v) is 10.1. The molecule has 1 N–H and O–H groups in total. The quantitative estimate of drug-likeness (QED) is 0.729. The molecule has 3 heterocycles. The number of hydrogen-bond acceptors (Lipinski definition) is 4. The van der Waals surface area contributed by atoms with Crippen molar-refractivity contribution in [2.24, 2.45) is 11.8 Å². The summed E-state index contributed by atoms with van der Waals surface area (Å²) in [6.07, 6.45) is 4.04. The number of aromatic nitrogens is 1. The zero-order chi connectivity index (χ0) is 23.2. The van der Waals surface area contributed by atoms with E-state index in [0.717, 1.165) is 19.3 Å². The van der Waals surface area contributed by atoms with Crippen molar-refractivity contribution in [2.75, 3.05) is 13.6 Å². The summed E-state index contributed by atoms with van der Waals surface area (Å²) < 4.78 is 15.0. The summed E-state index contributed by atoms with van der Waals surface area (Å²) >= 11 is 5.87. The molecule has 2 aliphatic carbocycles. The Kier molecular flexibility index (Phi) is 4.28. The molecule has 1 spiro atoms. The highest BCUT2D eigenvalue weighted by Gasteiger charge is 2.61. The van der Waals surface area contributed by atoms with E-state index < -0.39 is 28.7 Å². The van der Waals surface area contributed by atoms with E-state index >= 15 is 0 Å². The van der Waals surface area contributed by atoms with Crippen molar-refractivity contribution in [3.63, 3.8) is 0 Å². The fourth-order valence-corrected chi connectivity index (χ4v) is 6.94. The average Bonchev–Trinajstić information content (AvgIpc) is 3.46. The third kappa shape index (κ3) is 2.58. The maximum absolute atomic E-state index is 13.5. The van der Waals surface area contributed by atoms with Gasteiger partial charge in [0.1, 0.15) is 17.2 Å². The Hall–Kier alpha value is -2.87. The molecule has 2 saturated carbocycles. The molecule has 1 aromatic heterocycles. The average molecular weight is 472 g/mol. The fraction of sp³-hybridized carbons (Fsp3) is 0.458. The van der Waals surface area contributed by atoms with Gasteiger partial charge in [-0.3, -0.25) is 19.0 Å². The summed E-state index contributed by atoms with van der Waals surface area (Å²) in [6.45, 7) is 0.458. The SMILES string of the molecule is CN1C(=O)c2c3c(c(O)c(=O)n2[C@@]12CC1CCC2C1)C(=O)N(Cc1ccc(F)c(Cl)c1)CC3. The van der Waals surface area contributed by atoms with Crippen LogP contribution >= 0.6 is 11.6 Å². The van der Waals surface area contributed by atoms with Crippen molar-refractivity contribution in [1.82, 2.24) is 14.4 Å². The van der Waals surface area contributed by atoms with Gasteiger partial charge in [0.05, 0.1) is 10.6 Å². The van der Waals surface area contributed by atoms with Gasteiger partial charge in [-0.15, -0.1) is 0 Å². The monoisotopic (exact) mass is 471 g/mol. The van der Waals surface area contributed by atoms with Crippen molar-refractivity contribution in [3.05, 3.63) is 61.8 Å². The van der Waals surface area contributed by atoms with Gasteiger partial charge in [-0.1, -0.05) is 17.7 Å². The van der Waals surface area contributed by atoms with E-state index in [0.29, 0.717) is 36.4 Å². The van der Waals surface area contributed by atoms with Gasteiger partial charge >= 0.3 is 0 Å². The molecule has 172 valence electrons. The second kappa shape index (κ2) is 6.82. The van der Waals surface area contributed by atoms with Crippen LogP contribution in [0.15, 0.2) is 23.0 Å². The van der Waals surface area contributed by atoms with Crippen LogP contribution in [0.2, 0.25) is 5.02 Å². The smallest absolute Gasteiger partial charge is 0.296 e. The van der Waals surface area contributed by atoms with Crippen LogP contribution in [0.5, 0.6) is 5.75 Å². The minimum Gasteiger partial charge on any atom is -0.502 e. The van der Waals surface area contributed by atoms with E-state index in [4.69, 9.17) is 11.6 Å². The van der Waals surface area contributed by atoms with E-state index in [1.54, 1.807) is 18.0 Å². The molecular formula is C24H23ClFN3O4. The van der Waals surface area contributed by atoms with Gasteiger partial charge in [-0.2, -0.15) is 0 Å². The molecule has 1 aromatic carbocycles. The van der Waals surface area contributed by atoms with Crippen molar-refractivity contribution in [1.29, 1.82) is 0 Å². The molecule has 2 fully saturated rings. The topological polar surface area (TPSA) is 82.9 Å². The first-order valence-electron chi connectivity index (χ1n) is 11.3. The third-order valence-electron chi connectivity index (χ3n) is 8.20. The molecular weight excluding hydrogens is 449 g/mol. The molecule has 2 unspecified atom stereocenters. The summed E-state index contributed by atoms with van der Waals surface area (Å²) in [5.74, 6) is -1.28. The molecule has 4 aliphatic rings. The molecule has 6 rings (SSSR count). The molecule has 2 amide bonds. The van der Waals surface area contributed by atoms with Gasteiger partial charge in [-0.05, 0) is 55.7 Å². The fourth-order valence-electron chi connectivity index (χ4n) is 6.74. The number of nitrogens with zero attached hydrogens (tertiary/aromatic N) is 3. The maximum Gasteiger partial charge on any atom is 0.296 e. The maximum atomic E-state index is 13.5. The Labute approximate surface area is 194 Å². The lowest BCUT2D eigenvalue weighted by Gasteiger charge is -2.41. The number of carbonyl (C=O) groups is 2. The summed E-state index contributed by atoms with van der Waals surface area (Å²) in [4.78, 5) is 43.4. The zero-order valence-electron chi connectivity index (χ0n) is 18.1. The molecule has 9 heteroatoms. The van der Waals surface area contributed by atoms with E-state index in [1.165, 1.54) is 21.6 Å². The molecule has 2 aromatic rings. The summed E-state index contributed by atoms with van der Waals surface area (Å²) in [5.41, 5.74) is -0.180. The number of rotatable bonds is 2. The summed E-state index contributed by atoms with van der Waals surface area (Å²) in [7, 11) is 1.73. The highest BCUT2D eigenvalue weighted by atomic mass is 35.5. The lowest BCUT2D eigenvalue weighted by molar-refractivity contribution is 0.0145. The van der Waals surface area contributed by atoms with Crippen molar-refractivity contribution in [3.8, 4) is 5.75 Å². The Morgan fingerprint density at radius 3 is 2.67 bits per heavy atom. The number of pyridine rings is 1. The van der Waals surface area contributed by atoms with Crippen molar-refractivity contribution in [2.45, 2.75) is 44.3 Å². The number of fused-ring (bicyclic) bond motifs is 7. The number of halogens is 2. The van der Waals surface area contributed by atoms with Crippen molar-refractivity contribution < 1.29 is 19.1 Å². The first-order valence-corrected chi connectivity index (χ1v) is 11.6. The minimum atomic E-state index is -0.746. The highest BCUT2D eigenvalue weighted by molar-refractivity contribution is 6.30. The van der Waals surface area contributed by atoms with Crippen LogP contribution in [0.25, 0.3) is 0 Å². The normalized spacial score (nSPS) is 27.6. The lowest BCUT2D eigenvalue weighted by atomic mass is 9.87. The van der Waals surface area contributed by atoms with E-state index in [9.17, 15) is 23.9 Å². The van der Waals surface area contributed by atoms with Crippen LogP contribution in [0, 0.1) is 17.7 Å². The second-order valence-electron chi connectivity index (χ2n) is 9.74. The van der Waals surface area contributed by atoms with E-state index in [1.807, 2.05) is 0 Å². The predicted octanol–water partition coefficient (Wildman–Crippen LogP) is 3.10. The Morgan fingerprint density at radius 1 is 1.21 bits per heavy atom. The van der Waals surface area contributed by atoms with Crippen molar-refractivity contribution >= 4 is 23.4 Å². The standard InChI is InChI=1S/C24H23ClFN3O4/c1-27-22(32)19-15-6-7-28(11-13-3-5-17(26)16(25)9-13)21(31)18(15)20(30)23(33)29(19)24(27)10-12-2-4-14(24)8-12/h3,5,9,12,14,30H,2,4,6-8,10-11H2,1H3/t12?,14?,24-/m1/s1. The number of carbonyl (C=O) groups excluding carboxylic acids is 2. The lowest BCUT2D eigenvalue weighted by Crippen LogP contribution is -2.52. The Morgan fingerprint density at radius 2 is 2.00 bits per heavy atom. The zero-order valence-corrected chi connectivity index (χ0v) is 18.9. The van der Waals surface area contributed by atoms with Crippen LogP contribution < -0.4 is 5.56 Å². The molecule has 0 radical (unpaired) electrons. The molecule has 7 nitrogen and oxygen atoms in total. The molecule has 33 heavy (non-hydrogen) atoms. The van der Waals surface area contributed by atoms with Crippen LogP contribution in [0.3, 0.4) is 0 Å². The first-order chi connectivity index (χ1) is 15.7. The Bertz CT molecular complexity index is 1310. The predicted molar refractivity (Wildman–Crippen MR) is 118 cm³/mol. The molecule has 2 bridgehead atoms. The van der Waals surface area contributed by atoms with Crippen LogP contribution in [-0.4, -0.2) is 44.9 Å². The summed E-state index contributed by atoms with van der Waals surface area (Å²) in [6, 6.07) is 4.23. The van der Waals surface area contributed by atoms with Crippen LogP contribution in [0.4, 0.5) is 4.39 Å². The minimum absolute atomic E-state index is 0.0407. The van der Waals surface area contributed by atoms with E-state index in [2.05, 4.69) is 0 Å². The molecule has 0 saturated heterocycles. The summed E-state index contributed by atoms with van der Waals surface area (Å²) in [5, 5.41) is 10.9. The number of amides is 2. The van der Waals surface area contributed by atoms with Crippen LogP contribution in [0.1, 0.15) is 57.7 Å². The van der Waals surface area contributed by atoms with Crippen LogP contribution in [-0.2, 0) is 18.6 Å².